The van der Waals surface area contributed by atoms with E-state index in [1.54, 1.807) is 42.5 Å². The molecule has 0 aliphatic heterocycles. The van der Waals surface area contributed by atoms with E-state index in [1.807, 2.05) is 6.92 Å². The second kappa shape index (κ2) is 8.90. The number of thioether (sulfide) groups is 1. The minimum absolute atomic E-state index is 0.151. The average Bonchev–Trinajstić information content (AvgIpc) is 2.60. The number of para-hydroxylation sites is 1. The summed E-state index contributed by atoms with van der Waals surface area (Å²) in [5.41, 5.74) is 22.9. The first kappa shape index (κ1) is 20.8. The number of amidine groups is 1. The Morgan fingerprint density at radius 3 is 2.56 bits per heavy atom. The van der Waals surface area contributed by atoms with Gasteiger partial charge in [-0.3, -0.25) is 5.43 Å². The molecule has 2 rings (SSSR count). The highest BCUT2D eigenvalue weighted by Gasteiger charge is 2.28. The first-order chi connectivity index (χ1) is 12.7. The fourth-order valence-electron chi connectivity index (χ4n) is 2.30. The van der Waals surface area contributed by atoms with Crippen LogP contribution in [0.15, 0.2) is 52.5 Å². The maximum absolute atomic E-state index is 12.7. The van der Waals surface area contributed by atoms with Crippen LogP contribution in [0.25, 0.3) is 0 Å². The number of nitrogens with two attached hydrogens (primary N) is 3. The van der Waals surface area contributed by atoms with Gasteiger partial charge in [0.1, 0.15) is 0 Å². The summed E-state index contributed by atoms with van der Waals surface area (Å²) in [5, 5.41) is 3.43. The van der Waals surface area contributed by atoms with Crippen molar-refractivity contribution in [2.45, 2.75) is 36.2 Å². The van der Waals surface area contributed by atoms with Gasteiger partial charge in [0.15, 0.2) is 5.84 Å². The largest absolute Gasteiger partial charge is 0.399 e. The van der Waals surface area contributed by atoms with Crippen molar-refractivity contribution in [1.29, 1.82) is 0 Å². The third kappa shape index (κ3) is 6.59. The van der Waals surface area contributed by atoms with Crippen molar-refractivity contribution in [3.05, 3.63) is 53.6 Å². The topological polar surface area (TPSA) is 102 Å². The molecule has 0 amide bonds. The van der Waals surface area contributed by atoms with Gasteiger partial charge in [0.25, 0.3) is 0 Å². The number of benzene rings is 2. The van der Waals surface area contributed by atoms with Crippen LogP contribution < -0.4 is 22.6 Å². The summed E-state index contributed by atoms with van der Waals surface area (Å²) in [5.74, 6) is 0.151. The molecule has 0 bridgehead atoms. The molecule has 7 N–H and O–H groups in total. The zero-order chi connectivity index (χ0) is 20.0. The molecule has 146 valence electrons. The van der Waals surface area contributed by atoms with E-state index < -0.39 is 18.0 Å². The summed E-state index contributed by atoms with van der Waals surface area (Å²) >= 11 is 1.18. The first-order valence-corrected chi connectivity index (χ1v) is 9.07. The molecule has 1 unspecified atom stereocenters. The Kier molecular flexibility index (Phi) is 6.84. The van der Waals surface area contributed by atoms with Gasteiger partial charge >= 0.3 is 6.18 Å². The molecular formula is C18H22F3N5S. The summed E-state index contributed by atoms with van der Waals surface area (Å²) in [4.78, 5) is 0.672. The van der Waals surface area contributed by atoms with Crippen LogP contribution in [-0.4, -0.2) is 17.4 Å². The Morgan fingerprint density at radius 1 is 1.19 bits per heavy atom. The zero-order valence-electron chi connectivity index (χ0n) is 14.8. The van der Waals surface area contributed by atoms with Crippen molar-refractivity contribution < 1.29 is 13.2 Å². The number of hydrogen-bond donors (Lipinski definition) is 4. The summed E-state index contributed by atoms with van der Waals surface area (Å²) in [6.07, 6.45) is -5.39. The van der Waals surface area contributed by atoms with Crippen LogP contribution in [0, 0.1) is 6.92 Å². The van der Waals surface area contributed by atoms with E-state index in [9.17, 15) is 13.2 Å². The predicted molar refractivity (Wildman–Crippen MR) is 105 cm³/mol. The van der Waals surface area contributed by atoms with Gasteiger partial charge < -0.3 is 17.2 Å². The van der Waals surface area contributed by atoms with Crippen LogP contribution in [0.3, 0.4) is 0 Å². The Bertz CT molecular complexity index is 808. The molecule has 0 aliphatic rings. The van der Waals surface area contributed by atoms with Crippen molar-refractivity contribution >= 4 is 29.0 Å². The standard InChI is InChI=1S/C18H22F3N5S/c1-11-6-7-12(22)10-13(11)17(24)26-25-16(8-9-18(19,20)21)27-15-5-3-2-4-14(15)23/h2-7,10,16,25H,8-9,22-23H2,1H3,(H2,24,26). The quantitative estimate of drug-likeness (QED) is 0.142. The molecule has 1 atom stereocenters. The van der Waals surface area contributed by atoms with E-state index >= 15 is 0 Å². The van der Waals surface area contributed by atoms with Gasteiger partial charge in [-0.05, 0) is 43.2 Å². The lowest BCUT2D eigenvalue weighted by molar-refractivity contribution is -0.135. The van der Waals surface area contributed by atoms with Gasteiger partial charge in [0.05, 0.1) is 5.37 Å². The molecule has 0 spiro atoms. The lowest BCUT2D eigenvalue weighted by Crippen LogP contribution is -2.27. The molecule has 0 saturated heterocycles. The molecule has 0 saturated carbocycles. The zero-order valence-corrected chi connectivity index (χ0v) is 15.6. The number of hydrogen-bond acceptors (Lipinski definition) is 5. The SMILES string of the molecule is Cc1ccc(N)cc1/C(N)=N/NC(CCC(F)(F)F)Sc1ccccc1N. The third-order valence-electron chi connectivity index (χ3n) is 3.74. The van der Waals surface area contributed by atoms with Crippen molar-refractivity contribution in [2.75, 3.05) is 11.5 Å². The van der Waals surface area contributed by atoms with Crippen LogP contribution in [0.2, 0.25) is 0 Å². The molecule has 27 heavy (non-hydrogen) atoms. The van der Waals surface area contributed by atoms with Gasteiger partial charge in [-0.25, -0.2) is 0 Å². The van der Waals surface area contributed by atoms with Crippen LogP contribution in [-0.2, 0) is 0 Å². The highest BCUT2D eigenvalue weighted by molar-refractivity contribution is 8.00. The van der Waals surface area contributed by atoms with Crippen LogP contribution in [0.4, 0.5) is 24.5 Å². The summed E-state index contributed by atoms with van der Waals surface area (Å²) < 4.78 is 38.0. The molecule has 0 aromatic heterocycles. The van der Waals surface area contributed by atoms with Crippen molar-refractivity contribution in [3.8, 4) is 0 Å². The second-order valence-corrected chi connectivity index (χ2v) is 7.24. The Hall–Kier alpha value is -2.55. The number of aryl methyl sites for hydroxylation is 1. The molecule has 9 heteroatoms. The van der Waals surface area contributed by atoms with Crippen LogP contribution in [0.1, 0.15) is 24.0 Å². The van der Waals surface area contributed by atoms with E-state index in [2.05, 4.69) is 10.5 Å². The molecule has 0 aliphatic carbocycles. The summed E-state index contributed by atoms with van der Waals surface area (Å²) in [6.45, 7) is 1.84. The molecule has 5 nitrogen and oxygen atoms in total. The van der Waals surface area contributed by atoms with E-state index in [0.717, 1.165) is 5.56 Å². The number of halogens is 3. The van der Waals surface area contributed by atoms with Crippen LogP contribution >= 0.6 is 11.8 Å². The average molecular weight is 397 g/mol. The molecular weight excluding hydrogens is 375 g/mol. The molecule has 2 aromatic carbocycles. The van der Waals surface area contributed by atoms with Crippen molar-refractivity contribution in [2.24, 2.45) is 10.8 Å². The predicted octanol–water partition coefficient (Wildman–Crippen LogP) is 3.83. The Labute approximate surface area is 160 Å². The smallest absolute Gasteiger partial charge is 0.389 e. The fourth-order valence-corrected chi connectivity index (χ4v) is 3.31. The van der Waals surface area contributed by atoms with Gasteiger partial charge in [-0.2, -0.15) is 18.3 Å². The number of rotatable bonds is 7. The number of nitrogens with one attached hydrogen (secondary N) is 1. The normalized spacial score (nSPS) is 13.4. The monoisotopic (exact) mass is 397 g/mol. The van der Waals surface area contributed by atoms with Gasteiger partial charge in [0.2, 0.25) is 0 Å². The number of nitrogens with zero attached hydrogens (tertiary/aromatic N) is 1. The fraction of sp³-hybridized carbons (Fsp3) is 0.278. The highest BCUT2D eigenvalue weighted by Crippen LogP contribution is 2.32. The Morgan fingerprint density at radius 2 is 1.89 bits per heavy atom. The summed E-state index contributed by atoms with van der Waals surface area (Å²) in [7, 11) is 0. The van der Waals surface area contributed by atoms with Gasteiger partial charge in [0, 0.05) is 28.3 Å². The number of anilines is 2. The first-order valence-electron chi connectivity index (χ1n) is 8.19. The van der Waals surface area contributed by atoms with Gasteiger partial charge in [-0.1, -0.05) is 30.0 Å². The number of nitrogen functional groups attached to an aromatic ring is 2. The van der Waals surface area contributed by atoms with Crippen molar-refractivity contribution in [1.82, 2.24) is 5.43 Å². The minimum atomic E-state index is -4.26. The van der Waals surface area contributed by atoms with E-state index in [0.29, 0.717) is 21.8 Å². The number of alkyl halides is 3. The molecule has 0 heterocycles. The second-order valence-electron chi connectivity index (χ2n) is 6.00. The highest BCUT2D eigenvalue weighted by atomic mass is 32.2. The third-order valence-corrected chi connectivity index (χ3v) is 5.00. The minimum Gasteiger partial charge on any atom is -0.399 e. The van der Waals surface area contributed by atoms with Crippen molar-refractivity contribution in [3.63, 3.8) is 0 Å². The molecule has 2 aromatic rings. The maximum atomic E-state index is 12.7. The maximum Gasteiger partial charge on any atom is 0.389 e. The van der Waals surface area contributed by atoms with E-state index in [-0.39, 0.29) is 12.3 Å². The summed E-state index contributed by atoms with van der Waals surface area (Å²) in [6, 6.07) is 12.2. The lowest BCUT2D eigenvalue weighted by Gasteiger charge is -2.19. The lowest BCUT2D eigenvalue weighted by atomic mass is 10.1. The molecule has 0 fully saturated rings. The Balaban J connectivity index is 2.17. The molecule has 0 radical (unpaired) electrons. The van der Waals surface area contributed by atoms with E-state index in [4.69, 9.17) is 17.2 Å². The van der Waals surface area contributed by atoms with Gasteiger partial charge in [-0.15, -0.1) is 0 Å². The van der Waals surface area contributed by atoms with E-state index in [1.165, 1.54) is 11.8 Å². The number of hydrazone groups is 1. The van der Waals surface area contributed by atoms with Crippen LogP contribution in [0.5, 0.6) is 0 Å².